The first kappa shape index (κ1) is 14.3. The fourth-order valence-electron chi connectivity index (χ4n) is 3.60. The number of rotatable bonds is 3. The maximum Gasteiger partial charge on any atom is 0.0864 e. The molecule has 0 amide bonds. The minimum atomic E-state index is 0.322. The summed E-state index contributed by atoms with van der Waals surface area (Å²) in [6.45, 7) is 14.7. The Labute approximate surface area is 112 Å². The van der Waals surface area contributed by atoms with E-state index in [9.17, 15) is 0 Å². The summed E-state index contributed by atoms with van der Waals surface area (Å²) in [6.07, 6.45) is 4.94. The maximum atomic E-state index is 6.25. The molecule has 0 N–H and O–H groups in total. The SMILES string of the molecule is CC(C)OC1CC(C)(C2CO2)CCC1C(C)(C)C. The molecule has 4 unspecified atom stereocenters. The molecule has 1 heterocycles. The van der Waals surface area contributed by atoms with Crippen molar-refractivity contribution in [1.82, 2.24) is 0 Å². The van der Waals surface area contributed by atoms with Crippen molar-refractivity contribution in [1.29, 1.82) is 0 Å². The predicted octanol–water partition coefficient (Wildman–Crippen LogP) is 4.03. The van der Waals surface area contributed by atoms with Crippen molar-refractivity contribution in [2.75, 3.05) is 6.61 Å². The third kappa shape index (κ3) is 3.08. The zero-order valence-electron chi connectivity index (χ0n) is 13.0. The summed E-state index contributed by atoms with van der Waals surface area (Å²) in [5, 5.41) is 0. The fourth-order valence-corrected chi connectivity index (χ4v) is 3.60. The average molecular weight is 254 g/mol. The first-order valence-corrected chi connectivity index (χ1v) is 7.49. The largest absolute Gasteiger partial charge is 0.375 e. The highest BCUT2D eigenvalue weighted by Crippen LogP contribution is 2.51. The lowest BCUT2D eigenvalue weighted by Crippen LogP contribution is -2.45. The van der Waals surface area contributed by atoms with E-state index in [0.29, 0.717) is 35.1 Å². The Morgan fingerprint density at radius 1 is 1.28 bits per heavy atom. The predicted molar refractivity (Wildman–Crippen MR) is 74.7 cm³/mol. The fraction of sp³-hybridized carbons (Fsp3) is 1.00. The Balaban J connectivity index is 2.09. The lowest BCUT2D eigenvalue weighted by atomic mass is 9.62. The van der Waals surface area contributed by atoms with Crippen LogP contribution in [-0.2, 0) is 9.47 Å². The van der Waals surface area contributed by atoms with E-state index in [1.165, 1.54) is 12.8 Å². The Hall–Kier alpha value is -0.0800. The molecule has 2 fully saturated rings. The van der Waals surface area contributed by atoms with Crippen LogP contribution in [0, 0.1) is 16.7 Å². The van der Waals surface area contributed by atoms with E-state index in [4.69, 9.17) is 9.47 Å². The molecule has 0 radical (unpaired) electrons. The Morgan fingerprint density at radius 2 is 1.89 bits per heavy atom. The summed E-state index contributed by atoms with van der Waals surface area (Å²) in [5.41, 5.74) is 0.687. The zero-order valence-corrected chi connectivity index (χ0v) is 13.0. The van der Waals surface area contributed by atoms with Crippen LogP contribution in [0.4, 0.5) is 0 Å². The lowest BCUT2D eigenvalue weighted by molar-refractivity contribution is -0.107. The van der Waals surface area contributed by atoms with Crippen LogP contribution in [-0.4, -0.2) is 24.9 Å². The molecule has 4 atom stereocenters. The van der Waals surface area contributed by atoms with Gasteiger partial charge in [-0.2, -0.15) is 0 Å². The lowest BCUT2D eigenvalue weighted by Gasteiger charge is -2.47. The van der Waals surface area contributed by atoms with Crippen molar-refractivity contribution in [3.8, 4) is 0 Å². The Kier molecular flexibility index (Phi) is 3.81. The molecule has 2 rings (SSSR count). The molecule has 2 heteroatoms. The molecule has 0 aromatic rings. The molecule has 0 aromatic carbocycles. The van der Waals surface area contributed by atoms with Gasteiger partial charge in [-0.1, -0.05) is 27.7 Å². The second-order valence-corrected chi connectivity index (χ2v) is 7.91. The summed E-state index contributed by atoms with van der Waals surface area (Å²) in [4.78, 5) is 0. The first-order valence-electron chi connectivity index (χ1n) is 7.49. The van der Waals surface area contributed by atoms with Crippen molar-refractivity contribution in [2.45, 2.75) is 79.1 Å². The summed E-state index contributed by atoms with van der Waals surface area (Å²) >= 11 is 0. The van der Waals surface area contributed by atoms with Gasteiger partial charge in [-0.15, -0.1) is 0 Å². The van der Waals surface area contributed by atoms with E-state index in [1.54, 1.807) is 0 Å². The molecule has 1 aliphatic carbocycles. The van der Waals surface area contributed by atoms with Crippen molar-refractivity contribution >= 4 is 0 Å². The molecule has 1 saturated carbocycles. The van der Waals surface area contributed by atoms with Gasteiger partial charge in [0.25, 0.3) is 0 Å². The van der Waals surface area contributed by atoms with Gasteiger partial charge in [-0.25, -0.2) is 0 Å². The highest BCUT2D eigenvalue weighted by molar-refractivity contribution is 4.99. The molecule has 18 heavy (non-hydrogen) atoms. The van der Waals surface area contributed by atoms with E-state index in [1.807, 2.05) is 0 Å². The van der Waals surface area contributed by atoms with Gasteiger partial charge < -0.3 is 9.47 Å². The smallest absolute Gasteiger partial charge is 0.0864 e. The monoisotopic (exact) mass is 254 g/mol. The van der Waals surface area contributed by atoms with Gasteiger partial charge in [0.1, 0.15) is 0 Å². The van der Waals surface area contributed by atoms with E-state index in [-0.39, 0.29) is 0 Å². The van der Waals surface area contributed by atoms with Gasteiger partial charge >= 0.3 is 0 Å². The molecule has 0 aromatic heterocycles. The highest BCUT2D eigenvalue weighted by atomic mass is 16.6. The standard InChI is InChI=1S/C16H30O2/c1-11(2)18-13-9-16(6,14-10-17-14)8-7-12(13)15(3,4)5/h11-14H,7-10H2,1-6H3. The normalized spacial score (nSPS) is 41.2. The van der Waals surface area contributed by atoms with Gasteiger partial charge in [-0.05, 0) is 49.9 Å². The van der Waals surface area contributed by atoms with Crippen LogP contribution in [0.15, 0.2) is 0 Å². The number of ether oxygens (including phenoxy) is 2. The Morgan fingerprint density at radius 3 is 2.33 bits per heavy atom. The van der Waals surface area contributed by atoms with Crippen LogP contribution in [0.5, 0.6) is 0 Å². The summed E-state index contributed by atoms with van der Waals surface area (Å²) in [6, 6.07) is 0. The third-order valence-electron chi connectivity index (χ3n) is 4.81. The highest BCUT2D eigenvalue weighted by Gasteiger charge is 2.50. The molecule has 0 spiro atoms. The van der Waals surface area contributed by atoms with E-state index < -0.39 is 0 Å². The van der Waals surface area contributed by atoms with E-state index in [0.717, 1.165) is 13.0 Å². The summed E-state index contributed by atoms with van der Waals surface area (Å²) < 4.78 is 11.8. The van der Waals surface area contributed by atoms with Crippen LogP contribution < -0.4 is 0 Å². The number of hydrogen-bond acceptors (Lipinski definition) is 2. The minimum absolute atomic E-state index is 0.322. The molecular formula is C16H30O2. The summed E-state index contributed by atoms with van der Waals surface area (Å²) in [5.74, 6) is 0.673. The van der Waals surface area contributed by atoms with Gasteiger partial charge in [0.2, 0.25) is 0 Å². The molecule has 2 aliphatic rings. The molecule has 2 nitrogen and oxygen atoms in total. The topological polar surface area (TPSA) is 21.8 Å². The number of epoxide rings is 1. The third-order valence-corrected chi connectivity index (χ3v) is 4.81. The molecular weight excluding hydrogens is 224 g/mol. The van der Waals surface area contributed by atoms with Crippen molar-refractivity contribution < 1.29 is 9.47 Å². The maximum absolute atomic E-state index is 6.25. The van der Waals surface area contributed by atoms with E-state index >= 15 is 0 Å². The van der Waals surface area contributed by atoms with Crippen molar-refractivity contribution in [3.05, 3.63) is 0 Å². The first-order chi connectivity index (χ1) is 8.22. The molecule has 106 valence electrons. The zero-order chi connectivity index (χ0) is 13.6. The molecule has 0 bridgehead atoms. The average Bonchev–Trinajstić information content (AvgIpc) is 2.96. The second kappa shape index (κ2) is 4.79. The van der Waals surface area contributed by atoms with Gasteiger partial charge in [0.15, 0.2) is 0 Å². The molecule has 1 aliphatic heterocycles. The Bertz CT molecular complexity index is 288. The number of hydrogen-bond donors (Lipinski definition) is 0. The summed E-state index contributed by atoms with van der Waals surface area (Å²) in [7, 11) is 0. The van der Waals surface area contributed by atoms with Crippen LogP contribution in [0.2, 0.25) is 0 Å². The van der Waals surface area contributed by atoms with Crippen molar-refractivity contribution in [2.24, 2.45) is 16.7 Å². The second-order valence-electron chi connectivity index (χ2n) is 7.91. The molecule has 1 saturated heterocycles. The van der Waals surface area contributed by atoms with Crippen LogP contribution in [0.3, 0.4) is 0 Å². The van der Waals surface area contributed by atoms with Gasteiger partial charge in [-0.3, -0.25) is 0 Å². The van der Waals surface area contributed by atoms with Crippen LogP contribution >= 0.6 is 0 Å². The van der Waals surface area contributed by atoms with Gasteiger partial charge in [0.05, 0.1) is 24.9 Å². The van der Waals surface area contributed by atoms with Crippen molar-refractivity contribution in [3.63, 3.8) is 0 Å². The van der Waals surface area contributed by atoms with E-state index in [2.05, 4.69) is 41.5 Å². The van der Waals surface area contributed by atoms with Crippen LogP contribution in [0.1, 0.15) is 60.8 Å². The quantitative estimate of drug-likeness (QED) is 0.709. The minimum Gasteiger partial charge on any atom is -0.375 e. The van der Waals surface area contributed by atoms with Gasteiger partial charge in [0, 0.05) is 0 Å². The van der Waals surface area contributed by atoms with Crippen LogP contribution in [0.25, 0.3) is 0 Å².